The van der Waals surface area contributed by atoms with Crippen molar-refractivity contribution in [2.75, 3.05) is 39.5 Å². The molecular formula is C24H24F2N6O2. The fraction of sp³-hybridized carbons (Fsp3) is 0.333. The summed E-state index contributed by atoms with van der Waals surface area (Å²) in [5, 5.41) is 26.6. The Morgan fingerprint density at radius 1 is 1.21 bits per heavy atom. The van der Waals surface area contributed by atoms with Crippen molar-refractivity contribution < 1.29 is 18.7 Å². The Bertz CT molecular complexity index is 1180. The molecule has 0 bridgehead atoms. The van der Waals surface area contributed by atoms with Gasteiger partial charge >= 0.3 is 0 Å². The van der Waals surface area contributed by atoms with E-state index in [-0.39, 0.29) is 24.7 Å². The summed E-state index contributed by atoms with van der Waals surface area (Å²) in [6.45, 7) is -0.758. The Morgan fingerprint density at radius 2 is 1.97 bits per heavy atom. The molecule has 0 aliphatic carbocycles. The van der Waals surface area contributed by atoms with Gasteiger partial charge in [0.2, 0.25) is 0 Å². The first kappa shape index (κ1) is 23.3. The number of aromatic hydroxyl groups is 1. The molecule has 1 amide bonds. The Kier molecular flexibility index (Phi) is 6.84. The topological polar surface area (TPSA) is 107 Å². The molecule has 0 radical (unpaired) electrons. The highest BCUT2D eigenvalue weighted by molar-refractivity contribution is 5.94. The fourth-order valence-corrected chi connectivity index (χ4v) is 3.86. The van der Waals surface area contributed by atoms with Gasteiger partial charge in [0.1, 0.15) is 19.0 Å². The number of alkyl halides is 2. The van der Waals surface area contributed by atoms with Crippen LogP contribution in [0.5, 0.6) is 5.75 Å². The molecule has 1 saturated heterocycles. The maximum atomic E-state index is 13.5. The molecule has 1 aliphatic heterocycles. The molecule has 0 unspecified atom stereocenters. The second-order valence-corrected chi connectivity index (χ2v) is 8.47. The number of halogens is 2. The summed E-state index contributed by atoms with van der Waals surface area (Å²) in [5.41, 5.74) is 0.938. The van der Waals surface area contributed by atoms with E-state index >= 15 is 0 Å². The molecule has 1 aromatic carbocycles. The fourth-order valence-electron chi connectivity index (χ4n) is 3.86. The number of aromatic nitrogens is 3. The lowest BCUT2D eigenvalue weighted by molar-refractivity contribution is 0.0619. The first-order chi connectivity index (χ1) is 16.5. The highest BCUT2D eigenvalue weighted by atomic mass is 19.1. The van der Waals surface area contributed by atoms with Gasteiger partial charge in [0, 0.05) is 38.8 Å². The second-order valence-electron chi connectivity index (χ2n) is 8.47. The van der Waals surface area contributed by atoms with Gasteiger partial charge < -0.3 is 15.3 Å². The number of nitrogens with one attached hydrogen (secondary N) is 1. The van der Waals surface area contributed by atoms with Crippen LogP contribution in [0.2, 0.25) is 0 Å². The van der Waals surface area contributed by atoms with Gasteiger partial charge in [-0.2, -0.15) is 10.4 Å². The van der Waals surface area contributed by atoms with Crippen molar-refractivity contribution in [3.63, 3.8) is 0 Å². The van der Waals surface area contributed by atoms with Gasteiger partial charge in [-0.15, -0.1) is 0 Å². The number of carbonyl (C=O) groups is 1. The zero-order valence-electron chi connectivity index (χ0n) is 18.4. The molecule has 8 nitrogen and oxygen atoms in total. The van der Waals surface area contributed by atoms with Gasteiger partial charge in [0.15, 0.2) is 11.6 Å². The highest BCUT2D eigenvalue weighted by Crippen LogP contribution is 2.24. The molecule has 0 saturated carbocycles. The van der Waals surface area contributed by atoms with Gasteiger partial charge in [0.25, 0.3) is 5.91 Å². The Labute approximate surface area is 195 Å². The summed E-state index contributed by atoms with van der Waals surface area (Å²) in [5.74, 6) is 0.0494. The molecule has 1 aliphatic rings. The average Bonchev–Trinajstić information content (AvgIpc) is 3.10. The van der Waals surface area contributed by atoms with E-state index in [2.05, 4.69) is 21.5 Å². The minimum absolute atomic E-state index is 0.00263. The zero-order valence-corrected chi connectivity index (χ0v) is 18.4. The van der Waals surface area contributed by atoms with Crippen molar-refractivity contribution in [3.8, 4) is 17.6 Å². The molecule has 0 atom stereocenters. The SMILES string of the molecule is N#Cc1ccc(Cc2nn(-c3ccc(C(=O)N4CCNCC(CF)(CF)C4)cn3)cc2O)cc1. The minimum Gasteiger partial charge on any atom is -0.504 e. The van der Waals surface area contributed by atoms with Gasteiger partial charge in [-0.1, -0.05) is 12.1 Å². The lowest BCUT2D eigenvalue weighted by Gasteiger charge is -2.31. The van der Waals surface area contributed by atoms with Crippen molar-refractivity contribution in [2.24, 2.45) is 5.41 Å². The lowest BCUT2D eigenvalue weighted by Crippen LogP contribution is -2.45. The molecule has 4 rings (SSSR count). The smallest absolute Gasteiger partial charge is 0.255 e. The van der Waals surface area contributed by atoms with Crippen LogP contribution in [0.4, 0.5) is 8.78 Å². The lowest BCUT2D eigenvalue weighted by atomic mass is 9.90. The Morgan fingerprint density at radius 3 is 2.62 bits per heavy atom. The van der Waals surface area contributed by atoms with E-state index in [1.807, 2.05) is 0 Å². The molecule has 10 heteroatoms. The summed E-state index contributed by atoms with van der Waals surface area (Å²) in [4.78, 5) is 18.7. The summed E-state index contributed by atoms with van der Waals surface area (Å²) in [6.07, 6.45) is 3.19. The van der Waals surface area contributed by atoms with Gasteiger partial charge in [-0.25, -0.2) is 9.67 Å². The van der Waals surface area contributed by atoms with Gasteiger partial charge in [-0.3, -0.25) is 13.6 Å². The van der Waals surface area contributed by atoms with E-state index in [4.69, 9.17) is 5.26 Å². The number of hydrogen-bond acceptors (Lipinski definition) is 6. The standard InChI is InChI=1S/C24H24F2N6O2/c25-13-24(14-26)15-28-7-8-31(16-24)23(34)19-5-6-22(29-11-19)32-12-21(33)20(30-32)9-17-1-3-18(10-27)4-2-17/h1-6,11-12,28,33H,7-9,13-16H2. The number of amides is 1. The Hall–Kier alpha value is -3.84. The quantitative estimate of drug-likeness (QED) is 0.578. The second kappa shape index (κ2) is 9.97. The minimum atomic E-state index is -1.24. The molecule has 176 valence electrons. The summed E-state index contributed by atoms with van der Waals surface area (Å²) in [7, 11) is 0. The molecule has 3 aromatic rings. The maximum absolute atomic E-state index is 13.5. The summed E-state index contributed by atoms with van der Waals surface area (Å²) < 4.78 is 28.5. The monoisotopic (exact) mass is 466 g/mol. The number of nitriles is 1. The van der Waals surface area contributed by atoms with Crippen LogP contribution >= 0.6 is 0 Å². The third-order valence-corrected chi connectivity index (χ3v) is 5.89. The van der Waals surface area contributed by atoms with E-state index in [1.54, 1.807) is 36.4 Å². The molecular weight excluding hydrogens is 442 g/mol. The summed E-state index contributed by atoms with van der Waals surface area (Å²) in [6, 6.07) is 12.2. The Balaban J connectivity index is 1.48. The predicted molar refractivity (Wildman–Crippen MR) is 120 cm³/mol. The molecule has 0 spiro atoms. The number of pyridine rings is 1. The highest BCUT2D eigenvalue weighted by Gasteiger charge is 2.36. The van der Waals surface area contributed by atoms with Crippen molar-refractivity contribution >= 4 is 5.91 Å². The normalized spacial score (nSPS) is 15.5. The zero-order chi connectivity index (χ0) is 24.1. The van der Waals surface area contributed by atoms with Crippen molar-refractivity contribution in [1.29, 1.82) is 5.26 Å². The van der Waals surface area contributed by atoms with Crippen LogP contribution in [0.15, 0.2) is 48.8 Å². The third-order valence-electron chi connectivity index (χ3n) is 5.89. The molecule has 1 fully saturated rings. The number of nitrogens with zero attached hydrogens (tertiary/aromatic N) is 5. The first-order valence-electron chi connectivity index (χ1n) is 10.8. The van der Waals surface area contributed by atoms with Crippen molar-refractivity contribution in [3.05, 3.63) is 71.2 Å². The van der Waals surface area contributed by atoms with Crippen LogP contribution in [0.1, 0.15) is 27.2 Å². The van der Waals surface area contributed by atoms with Crippen molar-refractivity contribution in [1.82, 2.24) is 25.0 Å². The summed E-state index contributed by atoms with van der Waals surface area (Å²) >= 11 is 0. The van der Waals surface area contributed by atoms with Crippen LogP contribution in [-0.4, -0.2) is 70.2 Å². The van der Waals surface area contributed by atoms with Crippen molar-refractivity contribution in [2.45, 2.75) is 6.42 Å². The van der Waals surface area contributed by atoms with E-state index in [9.17, 15) is 18.7 Å². The van der Waals surface area contributed by atoms with E-state index < -0.39 is 18.8 Å². The van der Waals surface area contributed by atoms with Gasteiger partial charge in [0.05, 0.1) is 28.8 Å². The average molecular weight is 466 g/mol. The van der Waals surface area contributed by atoms with Crippen LogP contribution in [-0.2, 0) is 6.42 Å². The van der Waals surface area contributed by atoms with E-state index in [0.29, 0.717) is 42.1 Å². The molecule has 34 heavy (non-hydrogen) atoms. The predicted octanol–water partition coefficient (Wildman–Crippen LogP) is 2.41. The number of benzene rings is 1. The van der Waals surface area contributed by atoms with Crippen LogP contribution in [0.25, 0.3) is 5.82 Å². The number of hydrogen-bond donors (Lipinski definition) is 2. The third kappa shape index (κ3) is 4.89. The van der Waals surface area contributed by atoms with Gasteiger partial charge in [-0.05, 0) is 29.8 Å². The van der Waals surface area contributed by atoms with Crippen LogP contribution in [0.3, 0.4) is 0 Å². The molecule has 2 N–H and O–H groups in total. The largest absolute Gasteiger partial charge is 0.504 e. The molecule has 2 aromatic heterocycles. The first-order valence-corrected chi connectivity index (χ1v) is 10.8. The van der Waals surface area contributed by atoms with E-state index in [0.717, 1.165) is 5.56 Å². The van der Waals surface area contributed by atoms with Crippen LogP contribution < -0.4 is 5.32 Å². The maximum Gasteiger partial charge on any atom is 0.255 e. The van der Waals surface area contributed by atoms with E-state index in [1.165, 1.54) is 22.0 Å². The van der Waals surface area contributed by atoms with Crippen LogP contribution in [0, 0.1) is 16.7 Å². The molecule has 3 heterocycles. The number of rotatable bonds is 6. The number of carbonyl (C=O) groups excluding carboxylic acids is 1.